The van der Waals surface area contributed by atoms with E-state index in [4.69, 9.17) is 4.74 Å². The number of carboxylic acid groups (broad SMARTS) is 1. The summed E-state index contributed by atoms with van der Waals surface area (Å²) in [6.45, 7) is 5.21. The zero-order valence-electron chi connectivity index (χ0n) is 19.4. The molecule has 1 heterocycles. The Labute approximate surface area is 190 Å². The van der Waals surface area contributed by atoms with Gasteiger partial charge in [0, 0.05) is 18.0 Å². The molecule has 1 amide bonds. The molecule has 32 heavy (non-hydrogen) atoms. The Bertz CT molecular complexity index is 939. The first kappa shape index (κ1) is 21.5. The highest BCUT2D eigenvalue weighted by Gasteiger charge is 2.61. The molecule has 0 aromatic heterocycles. The molecule has 7 atom stereocenters. The van der Waals surface area contributed by atoms with Crippen LogP contribution in [0.25, 0.3) is 0 Å². The van der Waals surface area contributed by atoms with Gasteiger partial charge in [-0.3, -0.25) is 9.59 Å². The topological polar surface area (TPSA) is 66.8 Å². The van der Waals surface area contributed by atoms with Crippen molar-refractivity contribution in [1.82, 2.24) is 4.90 Å². The first-order valence-corrected chi connectivity index (χ1v) is 12.1. The zero-order valence-corrected chi connectivity index (χ0v) is 19.4. The lowest BCUT2D eigenvalue weighted by molar-refractivity contribution is -0.153. The molecular weight excluding hydrogens is 402 g/mol. The summed E-state index contributed by atoms with van der Waals surface area (Å²) in [6.07, 6.45) is 9.98. The van der Waals surface area contributed by atoms with Crippen LogP contribution in [0.15, 0.2) is 36.4 Å². The summed E-state index contributed by atoms with van der Waals surface area (Å²) in [7, 11) is 1.66. The average molecular weight is 438 g/mol. The number of hydrogen-bond acceptors (Lipinski definition) is 3. The predicted molar refractivity (Wildman–Crippen MR) is 122 cm³/mol. The van der Waals surface area contributed by atoms with E-state index in [-0.39, 0.29) is 28.7 Å². The van der Waals surface area contributed by atoms with Crippen molar-refractivity contribution in [3.8, 4) is 5.75 Å². The number of ether oxygens (including phenoxy) is 1. The van der Waals surface area contributed by atoms with Crippen molar-refractivity contribution >= 4 is 11.9 Å². The number of benzene rings is 1. The molecule has 0 saturated heterocycles. The molecule has 1 N–H and O–H groups in total. The van der Waals surface area contributed by atoms with Crippen LogP contribution in [0, 0.1) is 34.5 Å². The van der Waals surface area contributed by atoms with Gasteiger partial charge in [0.05, 0.1) is 13.0 Å². The van der Waals surface area contributed by atoms with Gasteiger partial charge in [0.1, 0.15) is 5.75 Å². The zero-order chi connectivity index (χ0) is 22.7. The van der Waals surface area contributed by atoms with Gasteiger partial charge in [-0.15, -0.1) is 0 Å². The van der Waals surface area contributed by atoms with Gasteiger partial charge in [-0.05, 0) is 85.5 Å². The second-order valence-corrected chi connectivity index (χ2v) is 11.0. The van der Waals surface area contributed by atoms with Crippen LogP contribution in [0.1, 0.15) is 57.9 Å². The van der Waals surface area contributed by atoms with Crippen LogP contribution >= 0.6 is 0 Å². The van der Waals surface area contributed by atoms with E-state index in [1.165, 1.54) is 0 Å². The lowest BCUT2D eigenvalue weighted by atomic mass is 9.47. The highest BCUT2D eigenvalue weighted by molar-refractivity contribution is 5.89. The van der Waals surface area contributed by atoms with E-state index < -0.39 is 5.97 Å². The average Bonchev–Trinajstić information content (AvgIpc) is 3.14. The molecular formula is C27H35NO4. The lowest BCUT2D eigenvalue weighted by Crippen LogP contribution is -2.60. The molecule has 0 bridgehead atoms. The number of carbonyl (C=O) groups excluding carboxylic acids is 1. The van der Waals surface area contributed by atoms with Gasteiger partial charge in [-0.2, -0.15) is 0 Å². The molecule has 5 heteroatoms. The fourth-order valence-corrected chi connectivity index (χ4v) is 8.12. The van der Waals surface area contributed by atoms with E-state index in [0.717, 1.165) is 49.8 Å². The molecule has 1 aromatic carbocycles. The number of methoxy groups -OCH3 is 1. The van der Waals surface area contributed by atoms with Gasteiger partial charge < -0.3 is 14.7 Å². The summed E-state index contributed by atoms with van der Waals surface area (Å²) in [5.74, 6) is 1.67. The predicted octanol–water partition coefficient (Wildman–Crippen LogP) is 4.91. The summed E-state index contributed by atoms with van der Waals surface area (Å²) in [6, 6.07) is 8.20. The van der Waals surface area contributed by atoms with E-state index in [0.29, 0.717) is 24.3 Å². The normalized spacial score (nSPS) is 40.4. The van der Waals surface area contributed by atoms with Crippen molar-refractivity contribution in [3.05, 3.63) is 42.0 Å². The van der Waals surface area contributed by atoms with Crippen molar-refractivity contribution in [2.45, 2.75) is 65.0 Å². The Morgan fingerprint density at radius 1 is 1.09 bits per heavy atom. The first-order valence-electron chi connectivity index (χ1n) is 12.1. The van der Waals surface area contributed by atoms with Crippen LogP contribution in [-0.2, 0) is 16.1 Å². The van der Waals surface area contributed by atoms with Crippen LogP contribution in [0.3, 0.4) is 0 Å². The third-order valence-electron chi connectivity index (χ3n) is 9.78. The number of rotatable bonds is 4. The van der Waals surface area contributed by atoms with Gasteiger partial charge in [-0.1, -0.05) is 32.1 Å². The molecule has 1 aliphatic heterocycles. The number of aliphatic carboxylic acids is 1. The highest BCUT2D eigenvalue weighted by Crippen LogP contribution is 2.65. The van der Waals surface area contributed by atoms with E-state index >= 15 is 0 Å². The maximum absolute atomic E-state index is 13.0. The quantitative estimate of drug-likeness (QED) is 0.727. The minimum absolute atomic E-state index is 0.0497. The van der Waals surface area contributed by atoms with Crippen LogP contribution in [-0.4, -0.2) is 35.0 Å². The van der Waals surface area contributed by atoms with Crippen LogP contribution < -0.4 is 4.74 Å². The SMILES string of the molecule is COc1ccc(CN2C(=O)C=C[C@]3(C)C4CC[C@]5(C)[C@@H](C(=O)O)CC[C@H]5C4CC[C@@H]23)cc1. The Morgan fingerprint density at radius 2 is 1.84 bits per heavy atom. The molecule has 0 spiro atoms. The second-order valence-electron chi connectivity index (χ2n) is 11.0. The smallest absolute Gasteiger partial charge is 0.307 e. The van der Waals surface area contributed by atoms with Crippen molar-refractivity contribution < 1.29 is 19.4 Å². The third kappa shape index (κ3) is 3.11. The van der Waals surface area contributed by atoms with Crippen molar-refractivity contribution in [1.29, 1.82) is 0 Å². The number of amides is 1. The minimum Gasteiger partial charge on any atom is -0.497 e. The molecule has 5 rings (SSSR count). The van der Waals surface area contributed by atoms with Gasteiger partial charge in [-0.25, -0.2) is 0 Å². The van der Waals surface area contributed by atoms with Gasteiger partial charge in [0.2, 0.25) is 5.91 Å². The van der Waals surface area contributed by atoms with E-state index in [1.807, 2.05) is 24.3 Å². The summed E-state index contributed by atoms with van der Waals surface area (Å²) < 4.78 is 5.28. The Morgan fingerprint density at radius 3 is 2.53 bits per heavy atom. The summed E-state index contributed by atoms with van der Waals surface area (Å²) in [4.78, 5) is 27.0. The van der Waals surface area contributed by atoms with Crippen LogP contribution in [0.4, 0.5) is 0 Å². The molecule has 172 valence electrons. The number of carboxylic acids is 1. The lowest BCUT2D eigenvalue weighted by Gasteiger charge is -2.60. The number of hydrogen-bond donors (Lipinski definition) is 1. The molecule has 1 aromatic rings. The fraction of sp³-hybridized carbons (Fsp3) is 0.630. The molecule has 3 saturated carbocycles. The summed E-state index contributed by atoms with van der Waals surface area (Å²) in [5, 5.41) is 9.83. The van der Waals surface area contributed by atoms with Gasteiger partial charge in [0.25, 0.3) is 0 Å². The van der Waals surface area contributed by atoms with E-state index in [2.05, 4.69) is 24.8 Å². The maximum atomic E-state index is 13.0. The monoisotopic (exact) mass is 437 g/mol. The second kappa shape index (κ2) is 7.64. The molecule has 3 aliphatic carbocycles. The highest BCUT2D eigenvalue weighted by atomic mass is 16.5. The standard InChI is InChI=1S/C27H35NO4/c1-26-14-12-21-19(20(26)9-10-22(26)25(30)31)8-11-23-27(21,2)15-13-24(29)28(23)16-17-4-6-18(32-3)7-5-17/h4-7,13,15,19-23H,8-12,14,16H2,1-3H3,(H,30,31)/t19?,20-,21?,22+,23+,26-,27+/m0/s1. The number of fused-ring (bicyclic) bond motifs is 5. The Hall–Kier alpha value is -2.30. The van der Waals surface area contributed by atoms with Crippen LogP contribution in [0.2, 0.25) is 0 Å². The Kier molecular flexibility index (Phi) is 5.14. The summed E-state index contributed by atoms with van der Waals surface area (Å²) >= 11 is 0. The first-order chi connectivity index (χ1) is 15.3. The van der Waals surface area contributed by atoms with Crippen molar-refractivity contribution in [3.63, 3.8) is 0 Å². The molecule has 4 aliphatic rings. The molecule has 3 fully saturated rings. The van der Waals surface area contributed by atoms with E-state index in [1.54, 1.807) is 13.2 Å². The number of nitrogens with zero attached hydrogens (tertiary/aromatic N) is 1. The maximum Gasteiger partial charge on any atom is 0.307 e. The fourth-order valence-electron chi connectivity index (χ4n) is 8.12. The Balaban J connectivity index is 1.41. The minimum atomic E-state index is -0.609. The summed E-state index contributed by atoms with van der Waals surface area (Å²) in [5.41, 5.74) is 0.995. The van der Waals surface area contributed by atoms with E-state index in [9.17, 15) is 14.7 Å². The van der Waals surface area contributed by atoms with Gasteiger partial charge in [0.15, 0.2) is 0 Å². The van der Waals surface area contributed by atoms with Crippen molar-refractivity contribution in [2.75, 3.05) is 7.11 Å². The third-order valence-corrected chi connectivity index (χ3v) is 9.78. The van der Waals surface area contributed by atoms with Gasteiger partial charge >= 0.3 is 5.97 Å². The largest absolute Gasteiger partial charge is 0.497 e. The van der Waals surface area contributed by atoms with Crippen molar-refractivity contribution in [2.24, 2.45) is 34.5 Å². The van der Waals surface area contributed by atoms with Crippen LogP contribution in [0.5, 0.6) is 5.75 Å². The molecule has 5 nitrogen and oxygen atoms in total. The molecule has 2 unspecified atom stereocenters. The molecule has 0 radical (unpaired) electrons. The number of carbonyl (C=O) groups is 2.